The number of hydrogen-bond donors (Lipinski definition) is 1. The number of rotatable bonds is 4. The van der Waals surface area contributed by atoms with Gasteiger partial charge in [0.15, 0.2) is 11.6 Å². The Bertz CT molecular complexity index is 497. The van der Waals surface area contributed by atoms with E-state index in [1.54, 1.807) is 23.1 Å². The molecule has 0 amide bonds. The molecule has 2 rings (SSSR count). The van der Waals surface area contributed by atoms with E-state index in [1.165, 1.54) is 0 Å². The number of hydrogen-bond acceptors (Lipinski definition) is 2. The fourth-order valence-corrected chi connectivity index (χ4v) is 1.42. The fourth-order valence-electron chi connectivity index (χ4n) is 1.42. The van der Waals surface area contributed by atoms with E-state index in [4.69, 9.17) is 0 Å². The average Bonchev–Trinajstić information content (AvgIpc) is 2.78. The summed E-state index contributed by atoms with van der Waals surface area (Å²) in [5.74, 6) is -3.09. The van der Waals surface area contributed by atoms with Crippen molar-refractivity contribution in [1.82, 2.24) is 9.78 Å². The van der Waals surface area contributed by atoms with Crippen LogP contribution in [0.4, 0.5) is 18.9 Å². The van der Waals surface area contributed by atoms with Crippen LogP contribution in [0.15, 0.2) is 30.6 Å². The van der Waals surface area contributed by atoms with Gasteiger partial charge in [0.05, 0.1) is 12.2 Å². The SMILES string of the molecule is Fc1cc(F)c(F)c(NCCn2cccn2)c1. The van der Waals surface area contributed by atoms with E-state index in [9.17, 15) is 13.2 Å². The molecule has 0 radical (unpaired) electrons. The van der Waals surface area contributed by atoms with Gasteiger partial charge in [0.25, 0.3) is 0 Å². The van der Waals surface area contributed by atoms with E-state index in [0.29, 0.717) is 19.2 Å². The molecule has 0 spiro atoms. The monoisotopic (exact) mass is 241 g/mol. The number of aromatic nitrogens is 2. The van der Waals surface area contributed by atoms with Gasteiger partial charge in [0.2, 0.25) is 0 Å². The van der Waals surface area contributed by atoms with Gasteiger partial charge in [-0.3, -0.25) is 4.68 Å². The number of benzene rings is 1. The average molecular weight is 241 g/mol. The molecule has 1 N–H and O–H groups in total. The predicted molar refractivity (Wildman–Crippen MR) is 57.0 cm³/mol. The van der Waals surface area contributed by atoms with Gasteiger partial charge in [0.1, 0.15) is 5.82 Å². The van der Waals surface area contributed by atoms with Gasteiger partial charge in [-0.15, -0.1) is 0 Å². The molecule has 0 saturated carbocycles. The first-order chi connectivity index (χ1) is 8.16. The maximum atomic E-state index is 13.2. The first-order valence-corrected chi connectivity index (χ1v) is 5.02. The molecule has 17 heavy (non-hydrogen) atoms. The molecule has 0 unspecified atom stereocenters. The molecular weight excluding hydrogens is 231 g/mol. The Morgan fingerprint density at radius 3 is 2.76 bits per heavy atom. The lowest BCUT2D eigenvalue weighted by Crippen LogP contribution is -2.12. The van der Waals surface area contributed by atoms with Gasteiger partial charge in [-0.25, -0.2) is 13.2 Å². The summed E-state index contributed by atoms with van der Waals surface area (Å²) >= 11 is 0. The Labute approximate surface area is 95.9 Å². The second kappa shape index (κ2) is 4.90. The van der Waals surface area contributed by atoms with Crippen molar-refractivity contribution >= 4 is 5.69 Å². The van der Waals surface area contributed by atoms with Crippen LogP contribution < -0.4 is 5.32 Å². The zero-order valence-corrected chi connectivity index (χ0v) is 8.83. The summed E-state index contributed by atoms with van der Waals surface area (Å²) in [5, 5.41) is 6.56. The molecule has 0 fully saturated rings. The van der Waals surface area contributed by atoms with E-state index in [0.717, 1.165) is 6.07 Å². The van der Waals surface area contributed by atoms with Gasteiger partial charge in [-0.1, -0.05) is 0 Å². The van der Waals surface area contributed by atoms with Crippen molar-refractivity contribution in [2.24, 2.45) is 0 Å². The molecule has 3 nitrogen and oxygen atoms in total. The third kappa shape index (κ3) is 2.77. The van der Waals surface area contributed by atoms with Crippen LogP contribution >= 0.6 is 0 Å². The third-order valence-electron chi connectivity index (χ3n) is 2.21. The van der Waals surface area contributed by atoms with Crippen LogP contribution in [-0.2, 0) is 6.54 Å². The summed E-state index contributed by atoms with van der Waals surface area (Å²) < 4.78 is 40.6. The molecule has 1 aromatic carbocycles. The highest BCUT2D eigenvalue weighted by Crippen LogP contribution is 2.18. The van der Waals surface area contributed by atoms with Crippen LogP contribution in [0.2, 0.25) is 0 Å². The zero-order chi connectivity index (χ0) is 12.3. The number of halogens is 3. The third-order valence-corrected chi connectivity index (χ3v) is 2.21. The first kappa shape index (κ1) is 11.5. The lowest BCUT2D eigenvalue weighted by Gasteiger charge is -2.08. The lowest BCUT2D eigenvalue weighted by molar-refractivity contribution is 0.497. The minimum Gasteiger partial charge on any atom is -0.381 e. The molecule has 2 aromatic rings. The molecule has 6 heteroatoms. The standard InChI is InChI=1S/C11H10F3N3/c12-8-6-9(13)11(14)10(7-8)15-3-5-17-4-1-2-16-17/h1-2,4,6-7,15H,3,5H2. The highest BCUT2D eigenvalue weighted by Gasteiger charge is 2.10. The largest absolute Gasteiger partial charge is 0.381 e. The van der Waals surface area contributed by atoms with E-state index < -0.39 is 17.5 Å². The maximum absolute atomic E-state index is 13.2. The fraction of sp³-hybridized carbons (Fsp3) is 0.182. The van der Waals surface area contributed by atoms with Crippen molar-refractivity contribution in [3.05, 3.63) is 48.0 Å². The Morgan fingerprint density at radius 1 is 1.24 bits per heavy atom. The number of anilines is 1. The van der Waals surface area contributed by atoms with Gasteiger partial charge in [0, 0.05) is 31.1 Å². The van der Waals surface area contributed by atoms with Crippen molar-refractivity contribution in [1.29, 1.82) is 0 Å². The van der Waals surface area contributed by atoms with Crippen LogP contribution in [0.5, 0.6) is 0 Å². The van der Waals surface area contributed by atoms with Crippen molar-refractivity contribution in [2.75, 3.05) is 11.9 Å². The summed E-state index contributed by atoms with van der Waals surface area (Å²) in [6, 6.07) is 3.18. The summed E-state index contributed by atoms with van der Waals surface area (Å²) in [5.41, 5.74) is -0.186. The van der Waals surface area contributed by atoms with E-state index in [-0.39, 0.29) is 5.69 Å². The Hall–Kier alpha value is -1.98. The van der Waals surface area contributed by atoms with E-state index in [1.807, 2.05) is 0 Å². The van der Waals surface area contributed by atoms with Crippen LogP contribution in [0.1, 0.15) is 0 Å². The van der Waals surface area contributed by atoms with Gasteiger partial charge in [-0.2, -0.15) is 5.10 Å². The quantitative estimate of drug-likeness (QED) is 0.833. The molecular formula is C11H10F3N3. The second-order valence-corrected chi connectivity index (χ2v) is 3.45. The predicted octanol–water partition coefficient (Wildman–Crippen LogP) is 2.41. The molecule has 1 heterocycles. The van der Waals surface area contributed by atoms with Gasteiger partial charge >= 0.3 is 0 Å². The van der Waals surface area contributed by atoms with Crippen molar-refractivity contribution in [3.8, 4) is 0 Å². The second-order valence-electron chi connectivity index (χ2n) is 3.45. The summed E-state index contributed by atoms with van der Waals surface area (Å²) in [6.45, 7) is 0.798. The van der Waals surface area contributed by atoms with E-state index >= 15 is 0 Å². The number of nitrogens with zero attached hydrogens (tertiary/aromatic N) is 2. The Balaban J connectivity index is 1.99. The molecule has 0 aliphatic heterocycles. The topological polar surface area (TPSA) is 29.9 Å². The minimum absolute atomic E-state index is 0.186. The highest BCUT2D eigenvalue weighted by molar-refractivity contribution is 5.45. The molecule has 0 aliphatic carbocycles. The normalized spacial score (nSPS) is 10.5. The molecule has 90 valence electrons. The summed E-state index contributed by atoms with van der Waals surface area (Å²) in [6.07, 6.45) is 3.35. The molecule has 0 atom stereocenters. The maximum Gasteiger partial charge on any atom is 0.182 e. The van der Waals surface area contributed by atoms with Crippen molar-refractivity contribution in [2.45, 2.75) is 6.54 Å². The van der Waals surface area contributed by atoms with Gasteiger partial charge in [-0.05, 0) is 6.07 Å². The summed E-state index contributed by atoms with van der Waals surface area (Å²) in [4.78, 5) is 0. The number of nitrogens with one attached hydrogen (secondary N) is 1. The first-order valence-electron chi connectivity index (χ1n) is 5.02. The molecule has 0 saturated heterocycles. The molecule has 1 aromatic heterocycles. The summed E-state index contributed by atoms with van der Waals surface area (Å²) in [7, 11) is 0. The van der Waals surface area contributed by atoms with Crippen molar-refractivity contribution in [3.63, 3.8) is 0 Å². The van der Waals surface area contributed by atoms with Crippen LogP contribution in [0, 0.1) is 17.5 Å². The zero-order valence-electron chi connectivity index (χ0n) is 8.83. The Morgan fingerprint density at radius 2 is 2.06 bits per heavy atom. The van der Waals surface area contributed by atoms with Crippen LogP contribution in [-0.4, -0.2) is 16.3 Å². The molecule has 0 aliphatic rings. The Kier molecular flexibility index (Phi) is 3.32. The minimum atomic E-state index is -1.20. The lowest BCUT2D eigenvalue weighted by atomic mass is 10.3. The highest BCUT2D eigenvalue weighted by atomic mass is 19.2. The van der Waals surface area contributed by atoms with Gasteiger partial charge < -0.3 is 5.32 Å². The van der Waals surface area contributed by atoms with Crippen molar-refractivity contribution < 1.29 is 13.2 Å². The van der Waals surface area contributed by atoms with Crippen LogP contribution in [0.3, 0.4) is 0 Å². The van der Waals surface area contributed by atoms with E-state index in [2.05, 4.69) is 10.4 Å². The smallest absolute Gasteiger partial charge is 0.182 e. The van der Waals surface area contributed by atoms with Crippen LogP contribution in [0.25, 0.3) is 0 Å². The molecule has 0 bridgehead atoms.